The Morgan fingerprint density at radius 1 is 0.920 bits per heavy atom. The Morgan fingerprint density at radius 3 is 2.32 bits per heavy atom. The fraction of sp³-hybridized carbons (Fsp3) is 0.300. The maximum atomic E-state index is 12.4. The summed E-state index contributed by atoms with van der Waals surface area (Å²) in [5.74, 6) is 0.466. The van der Waals surface area contributed by atoms with Crippen molar-refractivity contribution in [2.24, 2.45) is 5.73 Å². The first-order chi connectivity index (χ1) is 12.1. The minimum absolute atomic E-state index is 0.115. The second-order valence-electron chi connectivity index (χ2n) is 6.50. The second kappa shape index (κ2) is 7.83. The van der Waals surface area contributed by atoms with Crippen molar-refractivity contribution in [3.8, 4) is 0 Å². The van der Waals surface area contributed by atoms with Crippen molar-refractivity contribution in [2.45, 2.75) is 37.6 Å². The molecule has 0 atom stereocenters. The van der Waals surface area contributed by atoms with Gasteiger partial charge in [-0.25, -0.2) is 4.79 Å². The number of rotatable bonds is 4. The van der Waals surface area contributed by atoms with Gasteiger partial charge in [0.05, 0.1) is 0 Å². The van der Waals surface area contributed by atoms with Crippen molar-refractivity contribution in [3.63, 3.8) is 0 Å². The topological polar surface area (TPSA) is 84.2 Å². The molecule has 5 heteroatoms. The van der Waals surface area contributed by atoms with Gasteiger partial charge in [-0.15, -0.1) is 0 Å². The molecular formula is C20H23N3O2. The molecule has 2 aromatic rings. The third-order valence-electron chi connectivity index (χ3n) is 4.73. The number of urea groups is 1. The number of benzene rings is 2. The molecule has 0 saturated heterocycles. The number of anilines is 1. The van der Waals surface area contributed by atoms with E-state index in [1.165, 1.54) is 5.56 Å². The molecule has 0 heterocycles. The zero-order valence-corrected chi connectivity index (χ0v) is 14.1. The molecule has 0 bridgehead atoms. The number of carbonyl (C=O) groups excluding carboxylic acids is 2. The molecular weight excluding hydrogens is 314 g/mol. The summed E-state index contributed by atoms with van der Waals surface area (Å²) >= 11 is 0. The highest BCUT2D eigenvalue weighted by molar-refractivity contribution is 5.96. The third kappa shape index (κ3) is 4.59. The van der Waals surface area contributed by atoms with Gasteiger partial charge in [0.15, 0.2) is 0 Å². The van der Waals surface area contributed by atoms with E-state index in [0.717, 1.165) is 25.7 Å². The molecule has 1 aliphatic rings. The summed E-state index contributed by atoms with van der Waals surface area (Å²) in [6, 6.07) is 16.9. The van der Waals surface area contributed by atoms with Crippen LogP contribution in [-0.4, -0.2) is 18.0 Å². The Bertz CT molecular complexity index is 738. The molecule has 130 valence electrons. The van der Waals surface area contributed by atoms with Crippen LogP contribution in [0.1, 0.15) is 47.5 Å². The van der Waals surface area contributed by atoms with Gasteiger partial charge in [-0.05, 0) is 55.4 Å². The van der Waals surface area contributed by atoms with Crippen molar-refractivity contribution in [3.05, 3.63) is 65.7 Å². The molecule has 0 aliphatic heterocycles. The number of amides is 3. The molecule has 0 radical (unpaired) electrons. The zero-order chi connectivity index (χ0) is 17.6. The van der Waals surface area contributed by atoms with E-state index in [4.69, 9.17) is 5.73 Å². The lowest BCUT2D eigenvalue weighted by Crippen LogP contribution is -2.37. The van der Waals surface area contributed by atoms with E-state index in [1.807, 2.05) is 6.07 Å². The summed E-state index contributed by atoms with van der Waals surface area (Å²) in [6.45, 7) is 0. The van der Waals surface area contributed by atoms with E-state index < -0.39 is 6.03 Å². The summed E-state index contributed by atoms with van der Waals surface area (Å²) < 4.78 is 0. The first-order valence-corrected chi connectivity index (χ1v) is 8.64. The third-order valence-corrected chi connectivity index (χ3v) is 4.73. The fourth-order valence-electron chi connectivity index (χ4n) is 3.45. The van der Waals surface area contributed by atoms with E-state index in [2.05, 4.69) is 34.9 Å². The molecule has 4 N–H and O–H groups in total. The predicted molar refractivity (Wildman–Crippen MR) is 98.6 cm³/mol. The minimum Gasteiger partial charge on any atom is -0.351 e. The molecule has 3 rings (SSSR count). The SMILES string of the molecule is NC(=O)Nc1cccc(C(=O)NC2CCC(c3ccccc3)CC2)c1. The molecule has 0 aromatic heterocycles. The first-order valence-electron chi connectivity index (χ1n) is 8.64. The van der Waals surface area contributed by atoms with Crippen LogP contribution in [-0.2, 0) is 0 Å². The number of carbonyl (C=O) groups is 2. The highest BCUT2D eigenvalue weighted by Gasteiger charge is 2.23. The monoisotopic (exact) mass is 337 g/mol. The van der Waals surface area contributed by atoms with Crippen LogP contribution in [0.25, 0.3) is 0 Å². The fourth-order valence-corrected chi connectivity index (χ4v) is 3.45. The van der Waals surface area contributed by atoms with Gasteiger partial charge in [0.1, 0.15) is 0 Å². The summed E-state index contributed by atoms with van der Waals surface area (Å²) in [5.41, 5.74) is 7.54. The second-order valence-corrected chi connectivity index (χ2v) is 6.50. The molecule has 5 nitrogen and oxygen atoms in total. The largest absolute Gasteiger partial charge is 0.351 e. The number of hydrogen-bond donors (Lipinski definition) is 3. The highest BCUT2D eigenvalue weighted by atomic mass is 16.2. The molecule has 1 fully saturated rings. The quantitative estimate of drug-likeness (QED) is 0.796. The lowest BCUT2D eigenvalue weighted by molar-refractivity contribution is 0.0926. The summed E-state index contributed by atoms with van der Waals surface area (Å²) in [4.78, 5) is 23.4. The number of nitrogens with two attached hydrogens (primary N) is 1. The van der Waals surface area contributed by atoms with Gasteiger partial charge in [-0.2, -0.15) is 0 Å². The van der Waals surface area contributed by atoms with Crippen LogP contribution in [0.4, 0.5) is 10.5 Å². The number of primary amides is 1. The molecule has 1 aliphatic carbocycles. The summed E-state index contributed by atoms with van der Waals surface area (Å²) in [7, 11) is 0. The van der Waals surface area contributed by atoms with Crippen LogP contribution in [0.3, 0.4) is 0 Å². The van der Waals surface area contributed by atoms with Gasteiger partial charge < -0.3 is 16.4 Å². The van der Waals surface area contributed by atoms with Crippen LogP contribution < -0.4 is 16.4 Å². The van der Waals surface area contributed by atoms with Crippen LogP contribution in [0, 0.1) is 0 Å². The van der Waals surface area contributed by atoms with Gasteiger partial charge in [-0.3, -0.25) is 4.79 Å². The summed E-state index contributed by atoms with van der Waals surface area (Å²) in [6.07, 6.45) is 4.12. The average Bonchev–Trinajstić information content (AvgIpc) is 2.63. The van der Waals surface area contributed by atoms with E-state index in [9.17, 15) is 9.59 Å². The molecule has 3 amide bonds. The van der Waals surface area contributed by atoms with E-state index >= 15 is 0 Å². The van der Waals surface area contributed by atoms with Crippen molar-refractivity contribution in [1.82, 2.24) is 5.32 Å². The van der Waals surface area contributed by atoms with E-state index in [0.29, 0.717) is 17.2 Å². The van der Waals surface area contributed by atoms with E-state index in [-0.39, 0.29) is 11.9 Å². The van der Waals surface area contributed by atoms with Gasteiger partial charge in [0, 0.05) is 17.3 Å². The Morgan fingerprint density at radius 2 is 1.64 bits per heavy atom. The standard InChI is InChI=1S/C20H23N3O2/c21-20(25)23-18-8-4-7-16(13-18)19(24)22-17-11-9-15(10-12-17)14-5-2-1-3-6-14/h1-8,13,15,17H,9-12H2,(H,22,24)(H3,21,23,25). The highest BCUT2D eigenvalue weighted by Crippen LogP contribution is 2.32. The van der Waals surface area contributed by atoms with Gasteiger partial charge in [0.2, 0.25) is 0 Å². The average molecular weight is 337 g/mol. The van der Waals surface area contributed by atoms with Crippen molar-refractivity contribution >= 4 is 17.6 Å². The molecule has 25 heavy (non-hydrogen) atoms. The van der Waals surface area contributed by atoms with Crippen LogP contribution >= 0.6 is 0 Å². The Hall–Kier alpha value is -2.82. The van der Waals surface area contributed by atoms with Crippen LogP contribution in [0.15, 0.2) is 54.6 Å². The van der Waals surface area contributed by atoms with Gasteiger partial charge in [-0.1, -0.05) is 36.4 Å². The van der Waals surface area contributed by atoms with E-state index in [1.54, 1.807) is 24.3 Å². The Balaban J connectivity index is 1.55. The maximum absolute atomic E-state index is 12.4. The molecule has 0 spiro atoms. The normalized spacial score (nSPS) is 19.8. The summed E-state index contributed by atoms with van der Waals surface area (Å²) in [5, 5.41) is 5.59. The molecule has 2 aromatic carbocycles. The van der Waals surface area contributed by atoms with Crippen molar-refractivity contribution < 1.29 is 9.59 Å². The maximum Gasteiger partial charge on any atom is 0.316 e. The predicted octanol–water partition coefficient (Wildman–Crippen LogP) is 3.63. The van der Waals surface area contributed by atoms with Crippen LogP contribution in [0.5, 0.6) is 0 Å². The lowest BCUT2D eigenvalue weighted by Gasteiger charge is -2.29. The Kier molecular flexibility index (Phi) is 5.33. The van der Waals surface area contributed by atoms with Crippen LogP contribution in [0.2, 0.25) is 0 Å². The lowest BCUT2D eigenvalue weighted by atomic mass is 9.82. The molecule has 0 unspecified atom stereocenters. The minimum atomic E-state index is -0.642. The van der Waals surface area contributed by atoms with Gasteiger partial charge >= 0.3 is 6.03 Å². The smallest absolute Gasteiger partial charge is 0.316 e. The first kappa shape index (κ1) is 17.0. The number of nitrogens with one attached hydrogen (secondary N) is 2. The Labute approximate surface area is 147 Å². The number of hydrogen-bond acceptors (Lipinski definition) is 2. The van der Waals surface area contributed by atoms with Crippen molar-refractivity contribution in [2.75, 3.05) is 5.32 Å². The van der Waals surface area contributed by atoms with Gasteiger partial charge in [0.25, 0.3) is 5.91 Å². The molecule has 1 saturated carbocycles. The zero-order valence-electron chi connectivity index (χ0n) is 14.1. The van der Waals surface area contributed by atoms with Crippen molar-refractivity contribution in [1.29, 1.82) is 0 Å².